The van der Waals surface area contributed by atoms with Gasteiger partial charge in [0.15, 0.2) is 6.61 Å². The molecular formula is C46H51ClN8O9S. The van der Waals surface area contributed by atoms with E-state index in [4.69, 9.17) is 20.9 Å². The number of likely N-dealkylation sites (tertiary alicyclic amines) is 1. The smallest absolute Gasteiger partial charge is 0.344 e. The first-order valence-electron chi connectivity index (χ1n) is 21.2. The number of β-amino-alcohol motifs (C(OH)–C–C–N with tert-alkyl or cyclic N) is 1. The van der Waals surface area contributed by atoms with E-state index in [1.54, 1.807) is 41.1 Å². The highest BCUT2D eigenvalue weighted by molar-refractivity contribution is 7.13. The fourth-order valence-electron chi connectivity index (χ4n) is 8.19. The highest BCUT2D eigenvalue weighted by Crippen LogP contribution is 2.33. The van der Waals surface area contributed by atoms with E-state index in [1.807, 2.05) is 76.2 Å². The molecule has 2 aromatic heterocycles. The Morgan fingerprint density at radius 3 is 2.23 bits per heavy atom. The van der Waals surface area contributed by atoms with Crippen molar-refractivity contribution in [1.82, 2.24) is 35.5 Å². The summed E-state index contributed by atoms with van der Waals surface area (Å²) in [6.45, 7) is 10.0. The zero-order valence-corrected chi connectivity index (χ0v) is 38.2. The summed E-state index contributed by atoms with van der Waals surface area (Å²) in [6.07, 6.45) is -0.844. The molecule has 4 amide bonds. The van der Waals surface area contributed by atoms with E-state index in [9.17, 15) is 34.4 Å². The lowest BCUT2D eigenvalue weighted by Crippen LogP contribution is -2.58. The van der Waals surface area contributed by atoms with E-state index in [2.05, 4.69) is 25.7 Å². The largest absolute Gasteiger partial charge is 0.484 e. The number of aromatic nitrogens is 2. The van der Waals surface area contributed by atoms with Gasteiger partial charge in [0, 0.05) is 57.6 Å². The van der Waals surface area contributed by atoms with Crippen LogP contribution in [0.4, 0.5) is 5.69 Å². The van der Waals surface area contributed by atoms with Crippen molar-refractivity contribution in [3.05, 3.63) is 127 Å². The summed E-state index contributed by atoms with van der Waals surface area (Å²) in [4.78, 5) is 75.8. The maximum absolute atomic E-state index is 14.1. The SMILES string of the molecule is Cc1ncsc1-c1ccc(CNC(=O)[C@@H]2C[C@@H](O)CN2C(=O)[C@@H](NC(=O)COc2ccc(C(c3ccc(Cl)cc3)N3CCN(C(=O)c4noc(C)c4[N+](=O)[O-])CC3)cc2)C(C)(C)C)cc1. The maximum atomic E-state index is 14.1. The number of thiazole rings is 1. The van der Waals surface area contributed by atoms with Crippen molar-refractivity contribution in [1.29, 1.82) is 0 Å². The summed E-state index contributed by atoms with van der Waals surface area (Å²) in [5, 5.41) is 32.2. The number of rotatable bonds is 14. The van der Waals surface area contributed by atoms with Crippen molar-refractivity contribution in [2.75, 3.05) is 39.3 Å². The quantitative estimate of drug-likeness (QED) is 0.0903. The van der Waals surface area contributed by atoms with Gasteiger partial charge < -0.3 is 34.8 Å². The molecule has 2 fully saturated rings. The standard InChI is InChI=1S/C46H51ClN8O9S/c1-27-41(65-26-49-27)32-8-6-29(7-9-32)23-48-43(58)36-22-34(56)24-54(36)45(60)42(46(3,4)5)50-37(57)25-63-35-16-12-31(13-17-35)40(30-10-14-33(47)15-11-30)52-18-20-53(21-19-52)44(59)38-39(55(61)62)28(2)64-51-38/h6-17,26,34,36,40,42,56H,18-25H2,1-5H3,(H,48,58)(H,50,57)/t34-,36+,40?,42-/m1/s1. The van der Waals surface area contributed by atoms with Crippen LogP contribution in [0.3, 0.4) is 0 Å². The van der Waals surface area contributed by atoms with Gasteiger partial charge in [-0.3, -0.25) is 34.2 Å². The number of ether oxygens (including phenoxy) is 1. The number of hydrogen-bond donors (Lipinski definition) is 3. The van der Waals surface area contributed by atoms with Crippen molar-refractivity contribution in [2.24, 2.45) is 5.41 Å². The first-order valence-corrected chi connectivity index (χ1v) is 22.4. The summed E-state index contributed by atoms with van der Waals surface area (Å²) in [5.41, 5.74) is 4.99. The Balaban J connectivity index is 0.962. The van der Waals surface area contributed by atoms with Crippen LogP contribution in [-0.4, -0.2) is 116 Å². The number of amides is 4. The second kappa shape index (κ2) is 19.9. The number of nitrogens with one attached hydrogen (secondary N) is 2. The third kappa shape index (κ3) is 10.8. The molecule has 0 aliphatic carbocycles. The van der Waals surface area contributed by atoms with Gasteiger partial charge in [-0.25, -0.2) is 4.98 Å². The van der Waals surface area contributed by atoms with E-state index in [-0.39, 0.29) is 50.1 Å². The number of carbonyl (C=O) groups excluding carboxylic acids is 4. The van der Waals surface area contributed by atoms with Crippen LogP contribution in [0.15, 0.2) is 82.8 Å². The lowest BCUT2D eigenvalue weighted by molar-refractivity contribution is -0.386. The number of piperazine rings is 1. The normalized spacial score (nSPS) is 17.6. The van der Waals surface area contributed by atoms with E-state index in [1.165, 1.54) is 16.7 Å². The Kier molecular flexibility index (Phi) is 14.3. The van der Waals surface area contributed by atoms with Gasteiger partial charge in [-0.15, -0.1) is 11.3 Å². The number of carbonyl (C=O) groups is 4. The molecule has 0 saturated carbocycles. The topological polar surface area (TPSA) is 214 Å². The fraction of sp³-hybridized carbons (Fsp3) is 0.391. The molecule has 3 N–H and O–H groups in total. The van der Waals surface area contributed by atoms with Crippen LogP contribution in [-0.2, 0) is 20.9 Å². The van der Waals surface area contributed by atoms with Gasteiger partial charge in [0.2, 0.25) is 23.3 Å². The highest BCUT2D eigenvalue weighted by Gasteiger charge is 2.44. The molecule has 0 radical (unpaired) electrons. The van der Waals surface area contributed by atoms with Crippen LogP contribution < -0.4 is 15.4 Å². The van der Waals surface area contributed by atoms with Crippen molar-refractivity contribution in [3.63, 3.8) is 0 Å². The van der Waals surface area contributed by atoms with Crippen LogP contribution in [0, 0.1) is 29.4 Å². The number of hydrogen-bond acceptors (Lipinski definition) is 13. The second-order valence-corrected chi connectivity index (χ2v) is 18.6. The molecule has 1 unspecified atom stereocenters. The predicted octanol–water partition coefficient (Wildman–Crippen LogP) is 5.71. The van der Waals surface area contributed by atoms with Gasteiger partial charge in [0.25, 0.3) is 11.8 Å². The molecule has 2 aliphatic heterocycles. The summed E-state index contributed by atoms with van der Waals surface area (Å²) in [7, 11) is 0. The number of aliphatic hydroxyl groups excluding tert-OH is 1. The summed E-state index contributed by atoms with van der Waals surface area (Å²) in [5.74, 6) is -1.62. The zero-order chi connectivity index (χ0) is 46.6. The first-order chi connectivity index (χ1) is 31.0. The lowest BCUT2D eigenvalue weighted by atomic mass is 9.85. The molecule has 4 heterocycles. The van der Waals surface area contributed by atoms with Gasteiger partial charge in [0.1, 0.15) is 17.8 Å². The summed E-state index contributed by atoms with van der Waals surface area (Å²) >= 11 is 7.80. The summed E-state index contributed by atoms with van der Waals surface area (Å²) in [6, 6.07) is 20.3. The lowest BCUT2D eigenvalue weighted by Gasteiger charge is -2.39. The average Bonchev–Trinajstić information content (AvgIpc) is 4.02. The van der Waals surface area contributed by atoms with E-state index in [0.717, 1.165) is 32.8 Å². The van der Waals surface area contributed by atoms with Crippen molar-refractivity contribution >= 4 is 52.3 Å². The molecule has 0 bridgehead atoms. The first kappa shape index (κ1) is 46.8. The molecule has 3 aromatic carbocycles. The maximum Gasteiger partial charge on any atom is 0.344 e. The molecule has 4 atom stereocenters. The number of halogens is 1. The van der Waals surface area contributed by atoms with Crippen LogP contribution >= 0.6 is 22.9 Å². The minimum absolute atomic E-state index is 0.0373. The second-order valence-electron chi connectivity index (χ2n) is 17.3. The van der Waals surface area contributed by atoms with Gasteiger partial charge in [-0.1, -0.05) is 86.1 Å². The third-order valence-electron chi connectivity index (χ3n) is 11.6. The van der Waals surface area contributed by atoms with Gasteiger partial charge in [0.05, 0.1) is 33.2 Å². The fourth-order valence-corrected chi connectivity index (χ4v) is 9.13. The number of nitro groups is 1. The number of nitrogens with zero attached hydrogens (tertiary/aromatic N) is 6. The molecule has 19 heteroatoms. The van der Waals surface area contributed by atoms with Gasteiger partial charge >= 0.3 is 5.69 Å². The predicted molar refractivity (Wildman–Crippen MR) is 242 cm³/mol. The molecule has 5 aromatic rings. The zero-order valence-electron chi connectivity index (χ0n) is 36.7. The molecule has 0 spiro atoms. The number of benzene rings is 3. The van der Waals surface area contributed by atoms with E-state index in [0.29, 0.717) is 23.9 Å². The van der Waals surface area contributed by atoms with Crippen molar-refractivity contribution < 1.29 is 38.5 Å². The molecule has 65 heavy (non-hydrogen) atoms. The van der Waals surface area contributed by atoms with Crippen LogP contribution in [0.2, 0.25) is 5.02 Å². The molecule has 2 saturated heterocycles. The van der Waals surface area contributed by atoms with Gasteiger partial charge in [-0.05, 0) is 58.9 Å². The summed E-state index contributed by atoms with van der Waals surface area (Å²) < 4.78 is 10.9. The van der Waals surface area contributed by atoms with Crippen LogP contribution in [0.25, 0.3) is 10.4 Å². The molecule has 7 rings (SSSR count). The molecule has 342 valence electrons. The molecular weight excluding hydrogens is 876 g/mol. The highest BCUT2D eigenvalue weighted by atomic mass is 35.5. The van der Waals surface area contributed by atoms with Gasteiger partial charge in [-0.2, -0.15) is 0 Å². The third-order valence-corrected chi connectivity index (χ3v) is 12.9. The Hall–Kier alpha value is -6.21. The molecule has 17 nitrogen and oxygen atoms in total. The van der Waals surface area contributed by atoms with E-state index < -0.39 is 64.4 Å². The number of aryl methyl sites for hydroxylation is 2. The van der Waals surface area contributed by atoms with Crippen molar-refractivity contribution in [3.8, 4) is 16.2 Å². The minimum atomic E-state index is -1.03. The van der Waals surface area contributed by atoms with E-state index >= 15 is 0 Å². The Morgan fingerprint density at radius 1 is 0.985 bits per heavy atom. The number of aliphatic hydroxyl groups is 1. The van der Waals surface area contributed by atoms with Crippen molar-refractivity contribution in [2.45, 2.75) is 71.8 Å². The minimum Gasteiger partial charge on any atom is -0.484 e. The average molecular weight is 927 g/mol. The Labute approximate surface area is 384 Å². The monoisotopic (exact) mass is 926 g/mol. The Morgan fingerprint density at radius 2 is 1.63 bits per heavy atom. The Bertz CT molecular complexity index is 2520. The van der Waals surface area contributed by atoms with Crippen LogP contribution in [0.1, 0.15) is 71.9 Å². The molecule has 2 aliphatic rings. The van der Waals surface area contributed by atoms with Crippen LogP contribution in [0.5, 0.6) is 5.75 Å².